The summed E-state index contributed by atoms with van der Waals surface area (Å²) in [6.07, 6.45) is 0.489. The molecule has 3 rings (SSSR count). The van der Waals surface area contributed by atoms with Gasteiger partial charge in [-0.2, -0.15) is 0 Å². The first-order chi connectivity index (χ1) is 11.5. The molecule has 0 aliphatic rings. The molecule has 1 N–H and O–H groups in total. The van der Waals surface area contributed by atoms with Gasteiger partial charge < -0.3 is 0 Å². The standard InChI is InChI=1S/C18H15Cl2NO2S/c19-16-7-5-14(18(20)12-16)9-10-21-24(22,23)17-8-6-13-3-1-2-4-15(13)11-17/h1-8,11-12,21H,9-10H2. The van der Waals surface area contributed by atoms with Gasteiger partial charge in [0.25, 0.3) is 0 Å². The third kappa shape index (κ3) is 3.90. The summed E-state index contributed by atoms with van der Waals surface area (Å²) in [5, 5.41) is 2.98. The molecule has 0 unspecified atom stereocenters. The molecule has 3 aromatic carbocycles. The number of hydrogen-bond donors (Lipinski definition) is 1. The number of rotatable bonds is 5. The molecule has 0 saturated heterocycles. The Morgan fingerprint density at radius 2 is 1.62 bits per heavy atom. The third-order valence-corrected chi connectivity index (χ3v) is 5.78. The lowest BCUT2D eigenvalue weighted by Crippen LogP contribution is -2.26. The number of hydrogen-bond acceptors (Lipinski definition) is 2. The Hall–Kier alpha value is -1.59. The molecule has 0 aliphatic heterocycles. The molecular weight excluding hydrogens is 365 g/mol. The van der Waals surface area contributed by atoms with E-state index < -0.39 is 10.0 Å². The SMILES string of the molecule is O=S(=O)(NCCc1ccc(Cl)cc1Cl)c1ccc2ccccc2c1. The van der Waals surface area contributed by atoms with Crippen LogP contribution in [0.3, 0.4) is 0 Å². The molecule has 24 heavy (non-hydrogen) atoms. The van der Waals surface area contributed by atoms with E-state index in [2.05, 4.69) is 4.72 Å². The van der Waals surface area contributed by atoms with Crippen LogP contribution < -0.4 is 4.72 Å². The Kier molecular flexibility index (Phi) is 5.11. The van der Waals surface area contributed by atoms with Crippen LogP contribution in [0.2, 0.25) is 10.0 Å². The van der Waals surface area contributed by atoms with Crippen LogP contribution in [-0.2, 0) is 16.4 Å². The number of benzene rings is 3. The van der Waals surface area contributed by atoms with Gasteiger partial charge in [-0.1, -0.05) is 59.6 Å². The van der Waals surface area contributed by atoms with Gasteiger partial charge in [0.1, 0.15) is 0 Å². The van der Waals surface area contributed by atoms with Crippen molar-refractivity contribution in [2.24, 2.45) is 0 Å². The van der Waals surface area contributed by atoms with Crippen LogP contribution in [0.5, 0.6) is 0 Å². The predicted molar refractivity (Wildman–Crippen MR) is 99.3 cm³/mol. The van der Waals surface area contributed by atoms with Gasteiger partial charge in [-0.3, -0.25) is 0 Å². The molecule has 0 radical (unpaired) electrons. The molecule has 0 heterocycles. The van der Waals surface area contributed by atoms with E-state index in [4.69, 9.17) is 23.2 Å². The minimum atomic E-state index is -3.56. The summed E-state index contributed by atoms with van der Waals surface area (Å²) in [4.78, 5) is 0.253. The molecule has 124 valence electrons. The number of halogens is 2. The maximum absolute atomic E-state index is 12.4. The van der Waals surface area contributed by atoms with Gasteiger partial charge >= 0.3 is 0 Å². The van der Waals surface area contributed by atoms with Crippen LogP contribution in [0, 0.1) is 0 Å². The van der Waals surface area contributed by atoms with E-state index in [1.807, 2.05) is 24.3 Å². The molecule has 0 spiro atoms. The van der Waals surface area contributed by atoms with Gasteiger partial charge in [-0.25, -0.2) is 13.1 Å². The first-order valence-corrected chi connectivity index (χ1v) is 9.62. The zero-order valence-corrected chi connectivity index (χ0v) is 15.0. The Labute approximate surface area is 151 Å². The number of sulfonamides is 1. The summed E-state index contributed by atoms with van der Waals surface area (Å²) < 4.78 is 27.5. The van der Waals surface area contributed by atoms with E-state index in [0.29, 0.717) is 16.5 Å². The zero-order valence-electron chi connectivity index (χ0n) is 12.7. The summed E-state index contributed by atoms with van der Waals surface area (Å²) in [5.74, 6) is 0. The van der Waals surface area contributed by atoms with E-state index in [-0.39, 0.29) is 11.4 Å². The molecular formula is C18H15Cl2NO2S. The smallest absolute Gasteiger partial charge is 0.211 e. The third-order valence-electron chi connectivity index (χ3n) is 3.73. The number of fused-ring (bicyclic) bond motifs is 1. The molecule has 0 aliphatic carbocycles. The van der Waals surface area contributed by atoms with Crippen molar-refractivity contribution in [2.45, 2.75) is 11.3 Å². The highest BCUT2D eigenvalue weighted by Gasteiger charge is 2.14. The van der Waals surface area contributed by atoms with E-state index in [0.717, 1.165) is 16.3 Å². The maximum Gasteiger partial charge on any atom is 0.240 e. The molecule has 0 aromatic heterocycles. The average molecular weight is 380 g/mol. The average Bonchev–Trinajstić information content (AvgIpc) is 2.56. The maximum atomic E-state index is 12.4. The Morgan fingerprint density at radius 3 is 2.38 bits per heavy atom. The Morgan fingerprint density at radius 1 is 0.875 bits per heavy atom. The predicted octanol–water partition coefficient (Wildman–Crippen LogP) is 4.67. The highest BCUT2D eigenvalue weighted by molar-refractivity contribution is 7.89. The molecule has 3 nitrogen and oxygen atoms in total. The zero-order chi connectivity index (χ0) is 17.2. The lowest BCUT2D eigenvalue weighted by molar-refractivity contribution is 0.582. The van der Waals surface area contributed by atoms with Crippen molar-refractivity contribution in [2.75, 3.05) is 6.54 Å². The summed E-state index contributed by atoms with van der Waals surface area (Å²) in [6.45, 7) is 0.260. The Bertz CT molecular complexity index is 987. The quantitative estimate of drug-likeness (QED) is 0.699. The Balaban J connectivity index is 1.73. The minimum Gasteiger partial charge on any atom is -0.211 e. The van der Waals surface area contributed by atoms with Crippen LogP contribution in [0.4, 0.5) is 0 Å². The van der Waals surface area contributed by atoms with Crippen LogP contribution >= 0.6 is 23.2 Å². The highest BCUT2D eigenvalue weighted by atomic mass is 35.5. The fourth-order valence-electron chi connectivity index (χ4n) is 2.46. The highest BCUT2D eigenvalue weighted by Crippen LogP contribution is 2.22. The molecule has 0 fully saturated rings. The van der Waals surface area contributed by atoms with E-state index >= 15 is 0 Å². The van der Waals surface area contributed by atoms with Gasteiger partial charge in [-0.05, 0) is 47.0 Å². The van der Waals surface area contributed by atoms with Gasteiger partial charge in [0, 0.05) is 16.6 Å². The van der Waals surface area contributed by atoms with Crippen molar-refractivity contribution < 1.29 is 8.42 Å². The summed E-state index contributed by atoms with van der Waals surface area (Å²) >= 11 is 12.0. The van der Waals surface area contributed by atoms with Crippen molar-refractivity contribution in [3.63, 3.8) is 0 Å². The topological polar surface area (TPSA) is 46.2 Å². The van der Waals surface area contributed by atoms with Crippen LogP contribution in [-0.4, -0.2) is 15.0 Å². The summed E-state index contributed by atoms with van der Waals surface area (Å²) in [7, 11) is -3.56. The van der Waals surface area contributed by atoms with E-state index in [1.54, 1.807) is 36.4 Å². The number of nitrogens with one attached hydrogen (secondary N) is 1. The van der Waals surface area contributed by atoms with Crippen LogP contribution in [0.25, 0.3) is 10.8 Å². The van der Waals surface area contributed by atoms with Crippen molar-refractivity contribution in [3.8, 4) is 0 Å². The molecule has 0 amide bonds. The fraction of sp³-hybridized carbons (Fsp3) is 0.111. The van der Waals surface area contributed by atoms with Crippen molar-refractivity contribution in [1.82, 2.24) is 4.72 Å². The first kappa shape index (κ1) is 17.2. The minimum absolute atomic E-state index is 0.253. The first-order valence-electron chi connectivity index (χ1n) is 7.38. The second-order valence-corrected chi connectivity index (χ2v) is 8.00. The van der Waals surface area contributed by atoms with Crippen LogP contribution in [0.15, 0.2) is 65.6 Å². The summed E-state index contributed by atoms with van der Waals surface area (Å²) in [6, 6.07) is 17.9. The molecule has 3 aromatic rings. The normalized spacial score (nSPS) is 11.8. The lowest BCUT2D eigenvalue weighted by Gasteiger charge is -2.09. The van der Waals surface area contributed by atoms with Gasteiger partial charge in [-0.15, -0.1) is 0 Å². The molecule has 0 bridgehead atoms. The molecule has 0 saturated carbocycles. The van der Waals surface area contributed by atoms with Crippen molar-refractivity contribution >= 4 is 44.0 Å². The fourth-order valence-corrected chi connectivity index (χ4v) is 4.03. The largest absolute Gasteiger partial charge is 0.240 e. The molecule has 0 atom stereocenters. The van der Waals surface area contributed by atoms with E-state index in [9.17, 15) is 8.42 Å². The second kappa shape index (κ2) is 7.11. The van der Waals surface area contributed by atoms with Gasteiger partial charge in [0.15, 0.2) is 0 Å². The lowest BCUT2D eigenvalue weighted by atomic mass is 10.1. The van der Waals surface area contributed by atoms with E-state index in [1.165, 1.54) is 0 Å². The van der Waals surface area contributed by atoms with Gasteiger partial charge in [0.2, 0.25) is 10.0 Å². The van der Waals surface area contributed by atoms with Crippen molar-refractivity contribution in [3.05, 3.63) is 76.3 Å². The van der Waals surface area contributed by atoms with Crippen LogP contribution in [0.1, 0.15) is 5.56 Å². The monoisotopic (exact) mass is 379 g/mol. The van der Waals surface area contributed by atoms with Gasteiger partial charge in [0.05, 0.1) is 4.90 Å². The molecule has 6 heteroatoms. The summed E-state index contributed by atoms with van der Waals surface area (Å²) in [5.41, 5.74) is 0.849. The second-order valence-electron chi connectivity index (χ2n) is 5.39. The van der Waals surface area contributed by atoms with Crippen molar-refractivity contribution in [1.29, 1.82) is 0 Å².